The van der Waals surface area contributed by atoms with E-state index in [2.05, 4.69) is 17.9 Å². The maximum absolute atomic E-state index is 10.5. The molecule has 0 bridgehead atoms. The molecule has 4 nitrogen and oxygen atoms in total. The van der Waals surface area contributed by atoms with Crippen LogP contribution >= 0.6 is 8.46 Å². The van der Waals surface area contributed by atoms with Gasteiger partial charge in [-0.3, -0.25) is 4.57 Å². The van der Waals surface area contributed by atoms with E-state index in [-0.39, 0.29) is 0 Å². The molecule has 0 spiro atoms. The van der Waals surface area contributed by atoms with E-state index in [0.29, 0.717) is 0 Å². The normalized spacial score (nSPS) is 15.0. The van der Waals surface area contributed by atoms with Crippen LogP contribution in [0.4, 0.5) is 0 Å². The molecule has 0 aliphatic carbocycles. The van der Waals surface area contributed by atoms with Crippen molar-refractivity contribution in [3.05, 3.63) is 25.3 Å². The molecule has 0 radical (unpaired) electrons. The minimum absolute atomic E-state index is 0.747. The summed E-state index contributed by atoms with van der Waals surface area (Å²) in [5, 5.41) is 9.00. The van der Waals surface area contributed by atoms with Gasteiger partial charge >= 0.3 is 11.5 Å². The average Bonchev–Trinajstić information content (AvgIpc) is 2.04. The number of hydrogen-bond acceptors (Lipinski definition) is 4. The van der Waals surface area contributed by atoms with Gasteiger partial charge < -0.3 is 9.84 Å². The van der Waals surface area contributed by atoms with E-state index in [1.54, 1.807) is 0 Å². The van der Waals surface area contributed by atoms with Gasteiger partial charge in [0.25, 0.3) is 0 Å². The lowest BCUT2D eigenvalue weighted by Crippen LogP contribution is -2.24. The first-order valence-electron chi connectivity index (χ1n) is 2.64. The van der Waals surface area contributed by atoms with Crippen LogP contribution in [0.2, 0.25) is 0 Å². The maximum Gasteiger partial charge on any atom is 0.333 e. The van der Waals surface area contributed by atoms with Crippen molar-refractivity contribution >= 4 is 14.4 Å². The van der Waals surface area contributed by atoms with Gasteiger partial charge in [0.1, 0.15) is 0 Å². The summed E-state index contributed by atoms with van der Waals surface area (Å²) in [4.78, 5) is 10.5. The lowest BCUT2D eigenvalue weighted by molar-refractivity contribution is -0.161. The number of rotatable bonds is 4. The minimum Gasteiger partial charge on any atom is -0.415 e. The number of esters is 1. The highest BCUT2D eigenvalue weighted by Gasteiger charge is 2.27. The number of hydrogen-bond donors (Lipinski definition) is 1. The first-order valence-corrected chi connectivity index (χ1v) is 3.45. The highest BCUT2D eigenvalue weighted by molar-refractivity contribution is 7.25. The lowest BCUT2D eigenvalue weighted by atomic mass is 10.6. The van der Waals surface area contributed by atoms with Crippen LogP contribution in [0.25, 0.3) is 0 Å². The molecule has 0 saturated carbocycles. The molecule has 0 rings (SSSR count). The van der Waals surface area contributed by atoms with Crippen molar-refractivity contribution in [2.45, 2.75) is 5.53 Å². The van der Waals surface area contributed by atoms with Crippen LogP contribution in [0.5, 0.6) is 0 Å². The highest BCUT2D eigenvalue weighted by Crippen LogP contribution is 2.22. The van der Waals surface area contributed by atoms with E-state index in [1.807, 2.05) is 0 Å². The molecular weight excluding hydrogens is 167 g/mol. The number of ether oxygens (including phenoxy) is 1. The van der Waals surface area contributed by atoms with E-state index in [1.165, 1.54) is 0 Å². The van der Waals surface area contributed by atoms with Gasteiger partial charge in [-0.05, 0) is 6.08 Å². The Morgan fingerprint density at radius 3 is 2.45 bits per heavy atom. The summed E-state index contributed by atoms with van der Waals surface area (Å²) in [5.74, 6) is -0.865. The summed E-state index contributed by atoms with van der Waals surface area (Å²) >= 11 is 0. The molecule has 11 heavy (non-hydrogen) atoms. The maximum atomic E-state index is 10.5. The van der Waals surface area contributed by atoms with Crippen molar-refractivity contribution in [3.63, 3.8) is 0 Å². The van der Waals surface area contributed by atoms with Crippen molar-refractivity contribution in [1.82, 2.24) is 0 Å². The van der Waals surface area contributed by atoms with E-state index in [4.69, 9.17) is 5.11 Å². The quantitative estimate of drug-likeness (QED) is 0.225. The third-order valence-electron chi connectivity index (χ3n) is 0.814. The van der Waals surface area contributed by atoms with Crippen molar-refractivity contribution in [1.29, 1.82) is 0 Å². The van der Waals surface area contributed by atoms with E-state index >= 15 is 0 Å². The third kappa shape index (κ3) is 3.07. The van der Waals surface area contributed by atoms with E-state index < -0.39 is 20.0 Å². The van der Waals surface area contributed by atoms with Crippen LogP contribution in [0.3, 0.4) is 0 Å². The molecule has 0 aromatic heterocycles. The summed E-state index contributed by atoms with van der Waals surface area (Å²) in [7, 11) is -0.747. The molecule has 60 valence electrons. The van der Waals surface area contributed by atoms with Gasteiger partial charge in [0.2, 0.25) is 8.46 Å². The van der Waals surface area contributed by atoms with Crippen molar-refractivity contribution in [3.8, 4) is 0 Å². The van der Waals surface area contributed by atoms with Crippen LogP contribution in [0.1, 0.15) is 0 Å². The SMILES string of the molecule is C=CC(=O)OC(O)(C=C)P=O. The molecule has 0 fully saturated rings. The predicted molar refractivity (Wildman–Crippen MR) is 39.0 cm³/mol. The largest absolute Gasteiger partial charge is 0.415 e. The Bertz CT molecular complexity index is 191. The molecule has 1 N–H and O–H groups in total. The molecule has 0 saturated heterocycles. The average molecular weight is 174 g/mol. The van der Waals surface area contributed by atoms with Crippen molar-refractivity contribution in [2.75, 3.05) is 0 Å². The number of aliphatic hydroxyl groups is 1. The molecular formula is C6H7O4P. The van der Waals surface area contributed by atoms with Gasteiger partial charge in [-0.1, -0.05) is 13.2 Å². The lowest BCUT2D eigenvalue weighted by Gasteiger charge is -2.14. The minimum atomic E-state index is -2.13. The molecule has 0 heterocycles. The zero-order chi connectivity index (χ0) is 8.91. The Kier molecular flexibility index (Phi) is 3.65. The summed E-state index contributed by atoms with van der Waals surface area (Å²) in [6.07, 6.45) is 1.70. The second-order valence-electron chi connectivity index (χ2n) is 1.58. The van der Waals surface area contributed by atoms with Crippen molar-refractivity contribution < 1.29 is 19.2 Å². The molecule has 1 atom stereocenters. The standard InChI is InChI=1S/C6H7O4P/c1-3-5(7)10-6(8,4-2)11-9/h3-4,8H,1-2H2. The monoisotopic (exact) mass is 174 g/mol. The van der Waals surface area contributed by atoms with Crippen molar-refractivity contribution in [2.24, 2.45) is 0 Å². The molecule has 0 aliphatic heterocycles. The second-order valence-corrected chi connectivity index (χ2v) is 2.40. The predicted octanol–water partition coefficient (Wildman–Crippen LogP) is 0.839. The Morgan fingerprint density at radius 1 is 1.64 bits per heavy atom. The van der Waals surface area contributed by atoms with E-state index in [9.17, 15) is 9.36 Å². The van der Waals surface area contributed by atoms with Crippen LogP contribution in [0.15, 0.2) is 25.3 Å². The summed E-state index contributed by atoms with van der Waals surface area (Å²) in [5.41, 5.74) is -2.13. The molecule has 5 heteroatoms. The molecule has 1 unspecified atom stereocenters. The molecule has 0 aromatic carbocycles. The Morgan fingerprint density at radius 2 is 2.18 bits per heavy atom. The molecule has 0 amide bonds. The number of carbonyl (C=O) groups is 1. The van der Waals surface area contributed by atoms with Crippen LogP contribution in [-0.4, -0.2) is 16.6 Å². The van der Waals surface area contributed by atoms with Gasteiger partial charge in [0.05, 0.1) is 0 Å². The molecule has 0 aromatic rings. The van der Waals surface area contributed by atoms with Crippen LogP contribution < -0.4 is 0 Å². The number of carbonyl (C=O) groups excluding carboxylic acids is 1. The van der Waals surface area contributed by atoms with Crippen LogP contribution in [0, 0.1) is 0 Å². The Labute approximate surface area is 65.4 Å². The van der Waals surface area contributed by atoms with Crippen LogP contribution in [-0.2, 0) is 14.1 Å². The summed E-state index contributed by atoms with van der Waals surface area (Å²) < 4.78 is 14.4. The first kappa shape index (κ1) is 10.0. The van der Waals surface area contributed by atoms with Gasteiger partial charge in [0.15, 0.2) is 0 Å². The zero-order valence-corrected chi connectivity index (χ0v) is 6.58. The van der Waals surface area contributed by atoms with E-state index in [0.717, 1.165) is 12.2 Å². The summed E-state index contributed by atoms with van der Waals surface area (Å²) in [6.45, 7) is 6.21. The third-order valence-corrected chi connectivity index (χ3v) is 1.35. The topological polar surface area (TPSA) is 63.6 Å². The fourth-order valence-electron chi connectivity index (χ4n) is 0.287. The summed E-state index contributed by atoms with van der Waals surface area (Å²) in [6, 6.07) is 0. The fourth-order valence-corrected chi connectivity index (χ4v) is 0.489. The first-order chi connectivity index (χ1) is 5.08. The second kappa shape index (κ2) is 4.01. The fraction of sp³-hybridized carbons (Fsp3) is 0.167. The molecule has 0 aliphatic rings. The highest BCUT2D eigenvalue weighted by atomic mass is 31.1. The Balaban J connectivity index is 4.29. The van der Waals surface area contributed by atoms with Gasteiger partial charge in [-0.25, -0.2) is 4.79 Å². The smallest absolute Gasteiger partial charge is 0.333 e. The zero-order valence-electron chi connectivity index (χ0n) is 5.69. The Hall–Kier alpha value is -0.990. The van der Waals surface area contributed by atoms with Gasteiger partial charge in [0, 0.05) is 6.08 Å². The van der Waals surface area contributed by atoms with Gasteiger partial charge in [-0.2, -0.15) is 0 Å². The van der Waals surface area contributed by atoms with Gasteiger partial charge in [-0.15, -0.1) is 0 Å².